The molecule has 2 N–H and O–H groups in total. The van der Waals surface area contributed by atoms with Gasteiger partial charge in [-0.1, -0.05) is 25.1 Å². The molecule has 1 aromatic rings. The molecule has 1 aliphatic rings. The third-order valence-electron chi connectivity index (χ3n) is 3.96. The van der Waals surface area contributed by atoms with E-state index in [9.17, 15) is 0 Å². The van der Waals surface area contributed by atoms with Gasteiger partial charge in [-0.3, -0.25) is 0 Å². The number of rotatable bonds is 4. The largest absolute Gasteiger partial charge is 0.326 e. The Kier molecular flexibility index (Phi) is 5.67. The van der Waals surface area contributed by atoms with Gasteiger partial charge in [0.2, 0.25) is 0 Å². The van der Waals surface area contributed by atoms with E-state index in [0.29, 0.717) is 5.25 Å². The smallest absolute Gasteiger partial charge is 0.0321 e. The molecule has 0 bridgehead atoms. The van der Waals surface area contributed by atoms with E-state index in [-0.39, 0.29) is 6.04 Å². The van der Waals surface area contributed by atoms with Gasteiger partial charge in [0, 0.05) is 28.0 Å². The Labute approximate surface area is 126 Å². The molecule has 2 rings (SSSR count). The number of hydrogen-bond acceptors (Lipinski definition) is 3. The highest BCUT2D eigenvalue weighted by molar-refractivity contribution is 8.07. The van der Waals surface area contributed by atoms with Crippen molar-refractivity contribution in [2.24, 2.45) is 5.73 Å². The number of benzene rings is 1. The predicted molar refractivity (Wildman–Crippen MR) is 90.4 cm³/mol. The Morgan fingerprint density at radius 1 is 1.21 bits per heavy atom. The molecule has 3 heteroatoms. The van der Waals surface area contributed by atoms with E-state index in [0.717, 1.165) is 11.7 Å². The van der Waals surface area contributed by atoms with Crippen LogP contribution in [0.4, 0.5) is 0 Å². The molecular weight excluding hydrogens is 270 g/mol. The maximum absolute atomic E-state index is 6.50. The Morgan fingerprint density at radius 3 is 2.63 bits per heavy atom. The molecule has 1 saturated heterocycles. The molecule has 1 heterocycles. The summed E-state index contributed by atoms with van der Waals surface area (Å²) in [4.78, 5) is 0. The van der Waals surface area contributed by atoms with Gasteiger partial charge < -0.3 is 5.73 Å². The van der Waals surface area contributed by atoms with E-state index in [2.05, 4.69) is 62.5 Å². The van der Waals surface area contributed by atoms with Crippen LogP contribution in [0.5, 0.6) is 0 Å². The van der Waals surface area contributed by atoms with E-state index in [1.165, 1.54) is 34.6 Å². The first kappa shape index (κ1) is 15.3. The second-order valence-corrected chi connectivity index (χ2v) is 8.07. The molecule has 3 unspecified atom stereocenters. The van der Waals surface area contributed by atoms with Crippen LogP contribution in [0.25, 0.3) is 0 Å². The molecule has 1 aromatic carbocycles. The lowest BCUT2D eigenvalue weighted by Gasteiger charge is -2.34. The minimum Gasteiger partial charge on any atom is -0.326 e. The van der Waals surface area contributed by atoms with Crippen LogP contribution in [0.3, 0.4) is 0 Å². The standard InChI is InChI=1S/C16H25NS2/c1-4-15-16(19-8-7-18-15)14(17)10-13-6-5-11(2)12(3)9-13/h5-6,9,14-16H,4,7-8,10,17H2,1-3H3. The summed E-state index contributed by atoms with van der Waals surface area (Å²) in [7, 11) is 0. The van der Waals surface area contributed by atoms with Crippen LogP contribution < -0.4 is 5.73 Å². The van der Waals surface area contributed by atoms with Crippen LogP contribution in [0, 0.1) is 13.8 Å². The van der Waals surface area contributed by atoms with E-state index in [1.807, 2.05) is 0 Å². The van der Waals surface area contributed by atoms with Crippen molar-refractivity contribution in [3.05, 3.63) is 34.9 Å². The maximum atomic E-state index is 6.50. The van der Waals surface area contributed by atoms with Crippen LogP contribution in [-0.4, -0.2) is 28.0 Å². The van der Waals surface area contributed by atoms with Crippen molar-refractivity contribution in [3.8, 4) is 0 Å². The Hall–Kier alpha value is -0.120. The SMILES string of the molecule is CCC1SCCSC1C(N)Cc1ccc(C)c(C)c1. The summed E-state index contributed by atoms with van der Waals surface area (Å²) in [5.74, 6) is 2.54. The lowest BCUT2D eigenvalue weighted by molar-refractivity contribution is 0.597. The van der Waals surface area contributed by atoms with Gasteiger partial charge in [-0.25, -0.2) is 0 Å². The maximum Gasteiger partial charge on any atom is 0.0321 e. The number of thioether (sulfide) groups is 2. The van der Waals surface area contributed by atoms with Crippen LogP contribution in [0.1, 0.15) is 30.0 Å². The highest BCUT2D eigenvalue weighted by Crippen LogP contribution is 2.35. The van der Waals surface area contributed by atoms with E-state index < -0.39 is 0 Å². The molecule has 0 spiro atoms. The fourth-order valence-electron chi connectivity index (χ4n) is 2.65. The molecule has 0 aliphatic carbocycles. The van der Waals surface area contributed by atoms with Crippen molar-refractivity contribution in [2.45, 2.75) is 50.2 Å². The zero-order valence-corrected chi connectivity index (χ0v) is 13.8. The first-order valence-electron chi connectivity index (χ1n) is 7.16. The number of nitrogens with two attached hydrogens (primary N) is 1. The van der Waals surface area contributed by atoms with Crippen molar-refractivity contribution in [2.75, 3.05) is 11.5 Å². The van der Waals surface area contributed by atoms with E-state index in [4.69, 9.17) is 5.73 Å². The molecule has 0 radical (unpaired) electrons. The molecule has 1 nitrogen and oxygen atoms in total. The van der Waals surface area contributed by atoms with Crippen LogP contribution >= 0.6 is 23.5 Å². The highest BCUT2D eigenvalue weighted by atomic mass is 32.2. The van der Waals surface area contributed by atoms with Crippen molar-refractivity contribution in [1.82, 2.24) is 0 Å². The minimum absolute atomic E-state index is 0.282. The first-order valence-corrected chi connectivity index (χ1v) is 9.26. The van der Waals surface area contributed by atoms with E-state index in [1.54, 1.807) is 0 Å². The topological polar surface area (TPSA) is 26.0 Å². The number of hydrogen-bond donors (Lipinski definition) is 1. The summed E-state index contributed by atoms with van der Waals surface area (Å²) in [6.07, 6.45) is 2.25. The summed E-state index contributed by atoms with van der Waals surface area (Å²) in [5.41, 5.74) is 10.6. The predicted octanol–water partition coefficient (Wildman–Crippen LogP) is 3.80. The summed E-state index contributed by atoms with van der Waals surface area (Å²) in [6, 6.07) is 7.04. The molecule has 0 amide bonds. The van der Waals surface area contributed by atoms with Gasteiger partial charge in [0.1, 0.15) is 0 Å². The molecule has 0 saturated carbocycles. The number of aryl methyl sites for hydroxylation is 2. The average molecular weight is 296 g/mol. The Morgan fingerprint density at radius 2 is 1.95 bits per heavy atom. The third-order valence-corrected chi connectivity index (χ3v) is 7.39. The molecule has 106 valence electrons. The Bertz CT molecular complexity index is 419. The van der Waals surface area contributed by atoms with Crippen LogP contribution in [0.2, 0.25) is 0 Å². The van der Waals surface area contributed by atoms with Gasteiger partial charge in [0.05, 0.1) is 0 Å². The fraction of sp³-hybridized carbons (Fsp3) is 0.625. The summed E-state index contributed by atoms with van der Waals surface area (Å²) in [5, 5.41) is 1.35. The summed E-state index contributed by atoms with van der Waals surface area (Å²) >= 11 is 4.20. The lowest BCUT2D eigenvalue weighted by Crippen LogP contribution is -2.43. The zero-order valence-electron chi connectivity index (χ0n) is 12.2. The van der Waals surface area contributed by atoms with Crippen molar-refractivity contribution < 1.29 is 0 Å². The van der Waals surface area contributed by atoms with Gasteiger partial charge >= 0.3 is 0 Å². The molecular formula is C16H25NS2. The van der Waals surface area contributed by atoms with Crippen molar-refractivity contribution in [3.63, 3.8) is 0 Å². The monoisotopic (exact) mass is 295 g/mol. The van der Waals surface area contributed by atoms with Crippen molar-refractivity contribution >= 4 is 23.5 Å². The van der Waals surface area contributed by atoms with Crippen molar-refractivity contribution in [1.29, 1.82) is 0 Å². The molecule has 0 aromatic heterocycles. The van der Waals surface area contributed by atoms with Gasteiger partial charge in [-0.15, -0.1) is 0 Å². The Balaban J connectivity index is 2.02. The lowest BCUT2D eigenvalue weighted by atomic mass is 9.98. The van der Waals surface area contributed by atoms with E-state index >= 15 is 0 Å². The normalized spacial score (nSPS) is 25.3. The van der Waals surface area contributed by atoms with Crippen LogP contribution in [-0.2, 0) is 6.42 Å². The van der Waals surface area contributed by atoms with Gasteiger partial charge in [-0.05, 0) is 43.4 Å². The fourth-order valence-corrected chi connectivity index (χ4v) is 5.85. The second kappa shape index (κ2) is 7.05. The first-order chi connectivity index (χ1) is 9.11. The zero-order chi connectivity index (χ0) is 13.8. The molecule has 1 fully saturated rings. The van der Waals surface area contributed by atoms with Gasteiger partial charge in [0.25, 0.3) is 0 Å². The second-order valence-electron chi connectivity index (χ2n) is 5.44. The van der Waals surface area contributed by atoms with Crippen LogP contribution in [0.15, 0.2) is 18.2 Å². The third kappa shape index (κ3) is 3.93. The van der Waals surface area contributed by atoms with Gasteiger partial charge in [-0.2, -0.15) is 23.5 Å². The van der Waals surface area contributed by atoms with Gasteiger partial charge in [0.15, 0.2) is 0 Å². The highest BCUT2D eigenvalue weighted by Gasteiger charge is 2.29. The molecule has 19 heavy (non-hydrogen) atoms. The molecule has 3 atom stereocenters. The quantitative estimate of drug-likeness (QED) is 0.915. The minimum atomic E-state index is 0.282. The molecule has 1 aliphatic heterocycles. The summed E-state index contributed by atoms with van der Waals surface area (Å²) < 4.78 is 0. The summed E-state index contributed by atoms with van der Waals surface area (Å²) in [6.45, 7) is 6.64. The average Bonchev–Trinajstić information content (AvgIpc) is 2.43.